The van der Waals surface area contributed by atoms with Crippen LogP contribution < -0.4 is 0 Å². The van der Waals surface area contributed by atoms with Crippen molar-refractivity contribution in [3.05, 3.63) is 24.3 Å². The van der Waals surface area contributed by atoms with Gasteiger partial charge in [0.15, 0.2) is 0 Å². The van der Waals surface area contributed by atoms with Gasteiger partial charge in [0.2, 0.25) is 0 Å². The minimum Gasteiger partial charge on any atom is -0.299 e. The maximum atomic E-state index is 11.8. The SMILES string of the molecule is CCCCC/C=C\C/C=C\CCCCCCCC(=O)C(C)(C)C.CCCCCCCCCCCCCCCCCCCCCC(=O)C(C)(C)C. The molecule has 0 heterocycles. The van der Waals surface area contributed by atoms with Crippen molar-refractivity contribution in [2.75, 3.05) is 0 Å². The fourth-order valence-corrected chi connectivity index (χ4v) is 6.21. The normalized spacial score (nSPS) is 12.2. The van der Waals surface area contributed by atoms with Crippen molar-refractivity contribution in [1.29, 1.82) is 0 Å². The van der Waals surface area contributed by atoms with E-state index in [9.17, 15) is 9.59 Å². The van der Waals surface area contributed by atoms with Gasteiger partial charge in [0.25, 0.3) is 0 Å². The number of hydrogen-bond donors (Lipinski definition) is 0. The molecular formula is C48H92O2. The molecule has 0 aromatic heterocycles. The molecule has 2 nitrogen and oxygen atoms in total. The summed E-state index contributed by atoms with van der Waals surface area (Å²) in [6, 6.07) is 0. The quantitative estimate of drug-likeness (QED) is 0.0495. The van der Waals surface area contributed by atoms with Crippen molar-refractivity contribution in [2.45, 2.75) is 261 Å². The minimum absolute atomic E-state index is 0.145. The molecular weight excluding hydrogens is 609 g/mol. The molecule has 0 aliphatic carbocycles. The van der Waals surface area contributed by atoms with Gasteiger partial charge in [-0.15, -0.1) is 0 Å². The van der Waals surface area contributed by atoms with Crippen LogP contribution in [-0.2, 0) is 9.59 Å². The largest absolute Gasteiger partial charge is 0.299 e. The lowest BCUT2D eigenvalue weighted by Crippen LogP contribution is -2.19. The molecule has 0 radical (unpaired) electrons. The maximum Gasteiger partial charge on any atom is 0.138 e. The summed E-state index contributed by atoms with van der Waals surface area (Å²) >= 11 is 0. The molecule has 0 rings (SSSR count). The van der Waals surface area contributed by atoms with Crippen LogP contribution in [0.15, 0.2) is 24.3 Å². The van der Waals surface area contributed by atoms with Crippen LogP contribution in [0.25, 0.3) is 0 Å². The lowest BCUT2D eigenvalue weighted by molar-refractivity contribution is -0.127. The van der Waals surface area contributed by atoms with E-state index in [4.69, 9.17) is 0 Å². The van der Waals surface area contributed by atoms with Gasteiger partial charge in [0.05, 0.1) is 0 Å². The number of Topliss-reactive ketones (excluding diaryl/α,β-unsaturated/α-hetero) is 2. The van der Waals surface area contributed by atoms with E-state index < -0.39 is 0 Å². The van der Waals surface area contributed by atoms with Crippen LogP contribution in [0.5, 0.6) is 0 Å². The van der Waals surface area contributed by atoms with Gasteiger partial charge < -0.3 is 0 Å². The van der Waals surface area contributed by atoms with Crippen LogP contribution in [0.3, 0.4) is 0 Å². The minimum atomic E-state index is -0.157. The van der Waals surface area contributed by atoms with Crippen molar-refractivity contribution in [3.8, 4) is 0 Å². The molecule has 0 aliphatic rings. The highest BCUT2D eigenvalue weighted by Gasteiger charge is 2.20. The molecule has 0 unspecified atom stereocenters. The van der Waals surface area contributed by atoms with E-state index in [2.05, 4.69) is 38.2 Å². The first-order valence-electron chi connectivity index (χ1n) is 22.3. The second-order valence-corrected chi connectivity index (χ2v) is 17.4. The predicted molar refractivity (Wildman–Crippen MR) is 226 cm³/mol. The smallest absolute Gasteiger partial charge is 0.138 e. The van der Waals surface area contributed by atoms with Gasteiger partial charge in [-0.05, 0) is 44.9 Å². The summed E-state index contributed by atoms with van der Waals surface area (Å²) in [4.78, 5) is 23.6. The van der Waals surface area contributed by atoms with Gasteiger partial charge in [-0.1, -0.05) is 227 Å². The summed E-state index contributed by atoms with van der Waals surface area (Å²) in [5, 5.41) is 0. The molecule has 0 aromatic rings. The van der Waals surface area contributed by atoms with E-state index in [1.54, 1.807) is 0 Å². The van der Waals surface area contributed by atoms with Crippen molar-refractivity contribution >= 4 is 11.6 Å². The predicted octanol–water partition coefficient (Wildman–Crippen LogP) is 16.8. The van der Waals surface area contributed by atoms with Crippen molar-refractivity contribution in [2.24, 2.45) is 10.8 Å². The third-order valence-corrected chi connectivity index (χ3v) is 10.0. The van der Waals surface area contributed by atoms with Gasteiger partial charge >= 0.3 is 0 Å². The first-order chi connectivity index (χ1) is 24.0. The Morgan fingerprint density at radius 3 is 0.880 bits per heavy atom. The summed E-state index contributed by atoms with van der Waals surface area (Å²) < 4.78 is 0. The van der Waals surface area contributed by atoms with E-state index in [1.165, 1.54) is 173 Å². The number of allylic oxidation sites excluding steroid dienone is 4. The summed E-state index contributed by atoms with van der Waals surface area (Å²) in [5.74, 6) is 0.831. The van der Waals surface area contributed by atoms with E-state index in [1.807, 2.05) is 41.5 Å². The number of carbonyl (C=O) groups is 2. The summed E-state index contributed by atoms with van der Waals surface area (Å²) in [5.41, 5.74) is -0.302. The van der Waals surface area contributed by atoms with Gasteiger partial charge in [-0.25, -0.2) is 0 Å². The zero-order chi connectivity index (χ0) is 37.6. The topological polar surface area (TPSA) is 34.1 Å². The average Bonchev–Trinajstić information content (AvgIpc) is 3.06. The van der Waals surface area contributed by atoms with E-state index in [-0.39, 0.29) is 10.8 Å². The maximum absolute atomic E-state index is 11.8. The van der Waals surface area contributed by atoms with Gasteiger partial charge in [0, 0.05) is 23.7 Å². The van der Waals surface area contributed by atoms with Crippen LogP contribution in [0.2, 0.25) is 0 Å². The molecule has 0 saturated heterocycles. The van der Waals surface area contributed by atoms with Gasteiger partial charge in [-0.3, -0.25) is 9.59 Å². The molecule has 0 spiro atoms. The fourth-order valence-electron chi connectivity index (χ4n) is 6.21. The summed E-state index contributed by atoms with van der Waals surface area (Å²) in [7, 11) is 0. The Morgan fingerprint density at radius 1 is 0.340 bits per heavy atom. The molecule has 0 atom stereocenters. The Kier molecular flexibility index (Phi) is 38.3. The Hall–Kier alpha value is -1.18. The molecule has 0 saturated carbocycles. The highest BCUT2D eigenvalue weighted by atomic mass is 16.1. The first-order valence-corrected chi connectivity index (χ1v) is 22.3. The van der Waals surface area contributed by atoms with E-state index >= 15 is 0 Å². The highest BCUT2D eigenvalue weighted by Crippen LogP contribution is 2.21. The monoisotopic (exact) mass is 701 g/mol. The Labute approximate surface area is 316 Å². The van der Waals surface area contributed by atoms with Crippen LogP contribution in [0.4, 0.5) is 0 Å². The molecule has 0 aliphatic heterocycles. The average molecular weight is 701 g/mol. The number of unbranched alkanes of at least 4 members (excludes halogenated alkanes) is 26. The molecule has 50 heavy (non-hydrogen) atoms. The second-order valence-electron chi connectivity index (χ2n) is 17.4. The molecule has 0 N–H and O–H groups in total. The second kappa shape index (κ2) is 37.6. The summed E-state index contributed by atoms with van der Waals surface area (Å²) in [6.07, 6.45) is 51.0. The zero-order valence-corrected chi connectivity index (χ0v) is 35.8. The number of ketones is 2. The molecule has 2 heteroatoms. The molecule has 296 valence electrons. The standard InChI is InChI=1S/C26H52O.C22H40O/c1-5-6-7-8-9-10-11-12-13-14-15-16-17-18-19-20-21-22-23-24-25(27)26(2,3)4;1-5-6-7-8-9-10-11-12-13-14-15-16-17-18-19-20-21(23)22(2,3)4/h5-24H2,1-4H3;9-10,12-13H,5-8,11,14-20H2,1-4H3/b;10-9-,13-12-. The van der Waals surface area contributed by atoms with E-state index in [0.29, 0.717) is 11.6 Å². The van der Waals surface area contributed by atoms with Crippen LogP contribution in [0, 0.1) is 10.8 Å². The van der Waals surface area contributed by atoms with Crippen molar-refractivity contribution < 1.29 is 9.59 Å². The molecule has 0 amide bonds. The van der Waals surface area contributed by atoms with Crippen molar-refractivity contribution in [3.63, 3.8) is 0 Å². The van der Waals surface area contributed by atoms with Gasteiger partial charge in [0.1, 0.15) is 11.6 Å². The molecule has 0 aromatic carbocycles. The molecule has 0 fully saturated rings. The van der Waals surface area contributed by atoms with Crippen LogP contribution in [-0.4, -0.2) is 11.6 Å². The third kappa shape index (κ3) is 41.2. The molecule has 0 bridgehead atoms. The number of carbonyl (C=O) groups excluding carboxylic acids is 2. The Morgan fingerprint density at radius 2 is 0.580 bits per heavy atom. The zero-order valence-electron chi connectivity index (χ0n) is 35.8. The van der Waals surface area contributed by atoms with Crippen LogP contribution >= 0.6 is 0 Å². The summed E-state index contributed by atoms with van der Waals surface area (Å²) in [6.45, 7) is 16.7. The number of rotatable bonds is 34. The fraction of sp³-hybridized carbons (Fsp3) is 0.875. The third-order valence-electron chi connectivity index (χ3n) is 10.0. The number of hydrogen-bond acceptors (Lipinski definition) is 2. The Bertz CT molecular complexity index is 775. The van der Waals surface area contributed by atoms with Crippen molar-refractivity contribution in [1.82, 2.24) is 0 Å². The lowest BCUT2D eigenvalue weighted by Gasteiger charge is -2.16. The van der Waals surface area contributed by atoms with Crippen LogP contribution in [0.1, 0.15) is 261 Å². The lowest BCUT2D eigenvalue weighted by atomic mass is 9.88. The van der Waals surface area contributed by atoms with Gasteiger partial charge in [-0.2, -0.15) is 0 Å². The Balaban J connectivity index is 0. The highest BCUT2D eigenvalue weighted by molar-refractivity contribution is 5.83. The first kappa shape index (κ1) is 50.9. The van der Waals surface area contributed by atoms with E-state index in [0.717, 1.165) is 32.1 Å².